The highest BCUT2D eigenvalue weighted by atomic mass is 32.1. The number of anilines is 2. The van der Waals surface area contributed by atoms with E-state index < -0.39 is 6.04 Å². The van der Waals surface area contributed by atoms with Gasteiger partial charge in [-0.3, -0.25) is 4.79 Å². The number of nitrogens with one attached hydrogen (secondary N) is 2. The van der Waals surface area contributed by atoms with Crippen LogP contribution in [0.2, 0.25) is 0 Å². The van der Waals surface area contributed by atoms with E-state index >= 15 is 0 Å². The Hall–Kier alpha value is -2.46. The molecule has 6 nitrogen and oxygen atoms in total. The number of hydrogen-bond acceptors (Lipinski definition) is 6. The number of para-hydroxylation sites is 1. The fraction of sp³-hybridized carbons (Fsp3) is 0.286. The molecule has 21 heavy (non-hydrogen) atoms. The first kappa shape index (κ1) is 14.9. The molecule has 1 atom stereocenters. The van der Waals surface area contributed by atoms with Crippen LogP contribution in [0.1, 0.15) is 30.8 Å². The van der Waals surface area contributed by atoms with Gasteiger partial charge in [-0.25, -0.2) is 0 Å². The Kier molecular flexibility index (Phi) is 5.23. The van der Waals surface area contributed by atoms with Gasteiger partial charge in [-0.1, -0.05) is 36.5 Å². The zero-order valence-electron chi connectivity index (χ0n) is 11.5. The highest BCUT2D eigenvalue weighted by Gasteiger charge is 2.18. The van der Waals surface area contributed by atoms with Gasteiger partial charge in [0.1, 0.15) is 0 Å². The first-order valence-electron chi connectivity index (χ1n) is 6.57. The average Bonchev–Trinajstić information content (AvgIpc) is 2.94. The lowest BCUT2D eigenvalue weighted by molar-refractivity contribution is -0.121. The highest BCUT2D eigenvalue weighted by molar-refractivity contribution is 7.15. The Labute approximate surface area is 126 Å². The third kappa shape index (κ3) is 4.26. The largest absolute Gasteiger partial charge is 0.335 e. The zero-order valence-corrected chi connectivity index (χ0v) is 12.4. The van der Waals surface area contributed by atoms with E-state index in [-0.39, 0.29) is 5.91 Å². The molecule has 1 heterocycles. The third-order valence-electron chi connectivity index (χ3n) is 2.62. The van der Waals surface area contributed by atoms with Gasteiger partial charge in [0, 0.05) is 12.1 Å². The van der Waals surface area contributed by atoms with E-state index in [1.807, 2.05) is 43.3 Å². The Morgan fingerprint density at radius 2 is 2.14 bits per heavy atom. The van der Waals surface area contributed by atoms with E-state index in [0.717, 1.165) is 12.1 Å². The molecule has 7 heteroatoms. The summed E-state index contributed by atoms with van der Waals surface area (Å²) in [7, 11) is 0. The molecule has 2 rings (SSSR count). The van der Waals surface area contributed by atoms with Gasteiger partial charge in [-0.05, 0) is 18.6 Å². The molecule has 1 aromatic carbocycles. The normalized spacial score (nSPS) is 11.4. The molecular formula is C14H15N5OS. The van der Waals surface area contributed by atoms with Crippen molar-refractivity contribution < 1.29 is 4.79 Å². The maximum Gasteiger partial charge on any atom is 0.221 e. The van der Waals surface area contributed by atoms with Crippen LogP contribution in [-0.2, 0) is 4.79 Å². The molecule has 1 amide bonds. The minimum absolute atomic E-state index is 0.156. The van der Waals surface area contributed by atoms with Crippen LogP contribution in [0.3, 0.4) is 0 Å². The summed E-state index contributed by atoms with van der Waals surface area (Å²) in [5.41, 5.74) is 0.892. The van der Waals surface area contributed by atoms with E-state index in [2.05, 4.69) is 20.8 Å². The lowest BCUT2D eigenvalue weighted by Crippen LogP contribution is -2.27. The quantitative estimate of drug-likeness (QED) is 0.856. The summed E-state index contributed by atoms with van der Waals surface area (Å²) >= 11 is 1.25. The van der Waals surface area contributed by atoms with Gasteiger partial charge in [0.25, 0.3) is 0 Å². The predicted molar refractivity (Wildman–Crippen MR) is 81.0 cm³/mol. The number of nitriles is 1. The van der Waals surface area contributed by atoms with Crippen molar-refractivity contribution in [2.24, 2.45) is 0 Å². The van der Waals surface area contributed by atoms with E-state index in [1.54, 1.807) is 0 Å². The van der Waals surface area contributed by atoms with Gasteiger partial charge in [-0.15, -0.1) is 10.2 Å². The molecule has 0 aliphatic carbocycles. The monoisotopic (exact) mass is 301 g/mol. The molecule has 0 saturated carbocycles. The van der Waals surface area contributed by atoms with Crippen molar-refractivity contribution in [2.75, 3.05) is 5.32 Å². The first-order valence-corrected chi connectivity index (χ1v) is 7.39. The van der Waals surface area contributed by atoms with Gasteiger partial charge in [0.2, 0.25) is 11.0 Å². The van der Waals surface area contributed by atoms with Crippen LogP contribution in [0.4, 0.5) is 10.8 Å². The van der Waals surface area contributed by atoms with Crippen LogP contribution < -0.4 is 10.6 Å². The van der Waals surface area contributed by atoms with Crippen LogP contribution in [0.25, 0.3) is 0 Å². The van der Waals surface area contributed by atoms with Crippen molar-refractivity contribution in [1.82, 2.24) is 15.5 Å². The maximum atomic E-state index is 11.6. The SMILES string of the molecule is CCCC(=O)N[C@H](C#N)c1nnc(Nc2ccccc2)s1. The van der Waals surface area contributed by atoms with Crippen molar-refractivity contribution in [3.8, 4) is 6.07 Å². The second-order valence-electron chi connectivity index (χ2n) is 4.32. The summed E-state index contributed by atoms with van der Waals surface area (Å²) in [6, 6.07) is 10.8. The third-order valence-corrected chi connectivity index (χ3v) is 3.53. The van der Waals surface area contributed by atoms with Gasteiger partial charge in [0.15, 0.2) is 11.0 Å². The summed E-state index contributed by atoms with van der Waals surface area (Å²) in [6.07, 6.45) is 1.13. The molecule has 0 aliphatic rings. The van der Waals surface area contributed by atoms with Crippen LogP contribution in [0.5, 0.6) is 0 Å². The molecule has 0 fully saturated rings. The van der Waals surface area contributed by atoms with E-state index in [9.17, 15) is 4.79 Å². The van der Waals surface area contributed by atoms with Crippen LogP contribution in [0.15, 0.2) is 30.3 Å². The number of carbonyl (C=O) groups is 1. The first-order chi connectivity index (χ1) is 10.2. The second kappa shape index (κ2) is 7.36. The number of nitrogens with zero attached hydrogens (tertiary/aromatic N) is 3. The van der Waals surface area contributed by atoms with Crippen molar-refractivity contribution in [3.05, 3.63) is 35.3 Å². The zero-order chi connectivity index (χ0) is 15.1. The molecular weight excluding hydrogens is 286 g/mol. The molecule has 0 aliphatic heterocycles. The predicted octanol–water partition coefficient (Wildman–Crippen LogP) is 2.76. The molecule has 2 aromatic rings. The number of aromatic nitrogens is 2. The number of rotatable bonds is 6. The van der Waals surface area contributed by atoms with Gasteiger partial charge < -0.3 is 10.6 Å². The molecule has 0 unspecified atom stereocenters. The van der Waals surface area contributed by atoms with Crippen LogP contribution in [-0.4, -0.2) is 16.1 Å². The Balaban J connectivity index is 2.04. The number of benzene rings is 1. The maximum absolute atomic E-state index is 11.6. The molecule has 2 N–H and O–H groups in total. The fourth-order valence-corrected chi connectivity index (χ4v) is 2.42. The molecule has 0 radical (unpaired) electrons. The lowest BCUT2D eigenvalue weighted by atomic mass is 10.3. The second-order valence-corrected chi connectivity index (χ2v) is 5.33. The average molecular weight is 301 g/mol. The topological polar surface area (TPSA) is 90.7 Å². The number of hydrogen-bond donors (Lipinski definition) is 2. The summed E-state index contributed by atoms with van der Waals surface area (Å²) in [5, 5.41) is 23.9. The standard InChI is InChI=1S/C14H15N5OS/c1-2-6-12(20)17-11(9-15)13-18-19-14(21-13)16-10-7-4-3-5-8-10/h3-5,7-8,11H,2,6H2,1H3,(H,16,19)(H,17,20)/t11-/m1/s1. The smallest absolute Gasteiger partial charge is 0.221 e. The molecule has 0 spiro atoms. The van der Waals surface area contributed by atoms with Crippen molar-refractivity contribution >= 4 is 28.1 Å². The fourth-order valence-electron chi connectivity index (χ4n) is 1.66. The van der Waals surface area contributed by atoms with Gasteiger partial charge >= 0.3 is 0 Å². The van der Waals surface area contributed by atoms with E-state index in [1.165, 1.54) is 11.3 Å². The van der Waals surface area contributed by atoms with Crippen LogP contribution >= 0.6 is 11.3 Å². The van der Waals surface area contributed by atoms with Crippen molar-refractivity contribution in [3.63, 3.8) is 0 Å². The summed E-state index contributed by atoms with van der Waals surface area (Å²) in [5.74, 6) is -0.156. The Morgan fingerprint density at radius 3 is 2.81 bits per heavy atom. The van der Waals surface area contributed by atoms with Crippen molar-refractivity contribution in [1.29, 1.82) is 5.26 Å². The lowest BCUT2D eigenvalue weighted by Gasteiger charge is -2.07. The van der Waals surface area contributed by atoms with Gasteiger partial charge in [-0.2, -0.15) is 5.26 Å². The van der Waals surface area contributed by atoms with Crippen LogP contribution in [0, 0.1) is 11.3 Å². The number of amides is 1. The summed E-state index contributed by atoms with van der Waals surface area (Å²) < 4.78 is 0. The Bertz CT molecular complexity index is 634. The summed E-state index contributed by atoms with van der Waals surface area (Å²) in [4.78, 5) is 11.6. The van der Waals surface area contributed by atoms with Gasteiger partial charge in [0.05, 0.1) is 6.07 Å². The minimum atomic E-state index is -0.757. The molecule has 0 saturated heterocycles. The highest BCUT2D eigenvalue weighted by Crippen LogP contribution is 2.24. The number of carbonyl (C=O) groups excluding carboxylic acids is 1. The molecule has 108 valence electrons. The molecule has 1 aromatic heterocycles. The van der Waals surface area contributed by atoms with E-state index in [0.29, 0.717) is 16.6 Å². The summed E-state index contributed by atoms with van der Waals surface area (Å²) in [6.45, 7) is 1.91. The molecule has 0 bridgehead atoms. The van der Waals surface area contributed by atoms with Crippen molar-refractivity contribution in [2.45, 2.75) is 25.8 Å². The van der Waals surface area contributed by atoms with E-state index in [4.69, 9.17) is 5.26 Å². The Morgan fingerprint density at radius 1 is 1.38 bits per heavy atom. The minimum Gasteiger partial charge on any atom is -0.335 e.